The van der Waals surface area contributed by atoms with Gasteiger partial charge in [0, 0.05) is 0 Å². The Balaban J connectivity index is 2.22. The average Bonchev–Trinajstić information content (AvgIpc) is 2.48. The second-order valence-electron chi connectivity index (χ2n) is 5.38. The zero-order valence-corrected chi connectivity index (χ0v) is 13.2. The lowest BCUT2D eigenvalue weighted by atomic mass is 10.1. The van der Waals surface area contributed by atoms with Crippen molar-refractivity contribution >= 4 is 6.08 Å². The Morgan fingerprint density at radius 1 is 0.850 bits per heavy atom. The van der Waals surface area contributed by atoms with Gasteiger partial charge in [-0.3, -0.25) is 0 Å². The quantitative estimate of drug-likeness (QED) is 0.434. The Kier molecular flexibility index (Phi) is 9.73. The first-order valence-corrected chi connectivity index (χ1v) is 8.26. The molecule has 1 aromatic rings. The van der Waals surface area contributed by atoms with Crippen LogP contribution >= 0.6 is 0 Å². The molecule has 0 aliphatic rings. The molecule has 0 bridgehead atoms. The fourth-order valence-corrected chi connectivity index (χ4v) is 2.13. The van der Waals surface area contributed by atoms with Gasteiger partial charge in [-0.25, -0.2) is 0 Å². The van der Waals surface area contributed by atoms with Crippen LogP contribution in [0, 0.1) is 0 Å². The van der Waals surface area contributed by atoms with Gasteiger partial charge in [0.2, 0.25) is 0 Å². The molecule has 0 saturated heterocycles. The molecule has 1 aromatic carbocycles. The SMILES string of the molecule is CCCCC/C=C\c1ccc(OCCCCCC)cc1. The predicted octanol–water partition coefficient (Wildman–Crippen LogP) is 6.24. The Morgan fingerprint density at radius 2 is 1.55 bits per heavy atom. The minimum atomic E-state index is 0.839. The Hall–Kier alpha value is -1.24. The van der Waals surface area contributed by atoms with Crippen molar-refractivity contribution in [2.75, 3.05) is 6.61 Å². The second-order valence-corrected chi connectivity index (χ2v) is 5.38. The molecule has 0 aromatic heterocycles. The molecular formula is C19H30O. The van der Waals surface area contributed by atoms with Crippen molar-refractivity contribution in [3.05, 3.63) is 35.9 Å². The monoisotopic (exact) mass is 274 g/mol. The third-order valence-corrected chi connectivity index (χ3v) is 3.43. The van der Waals surface area contributed by atoms with E-state index in [1.54, 1.807) is 0 Å². The molecule has 0 atom stereocenters. The normalized spacial score (nSPS) is 11.1. The van der Waals surface area contributed by atoms with Gasteiger partial charge >= 0.3 is 0 Å². The Labute approximate surface area is 125 Å². The van der Waals surface area contributed by atoms with E-state index in [0.717, 1.165) is 18.8 Å². The van der Waals surface area contributed by atoms with Crippen LogP contribution in [0.3, 0.4) is 0 Å². The summed E-state index contributed by atoms with van der Waals surface area (Å²) in [5, 5.41) is 0. The van der Waals surface area contributed by atoms with E-state index < -0.39 is 0 Å². The van der Waals surface area contributed by atoms with E-state index in [0.29, 0.717) is 0 Å². The highest BCUT2D eigenvalue weighted by Crippen LogP contribution is 2.14. The van der Waals surface area contributed by atoms with Gasteiger partial charge in [0.25, 0.3) is 0 Å². The van der Waals surface area contributed by atoms with Crippen molar-refractivity contribution in [1.29, 1.82) is 0 Å². The first kappa shape index (κ1) is 16.8. The summed E-state index contributed by atoms with van der Waals surface area (Å²) in [6.07, 6.45) is 14.6. The molecule has 0 radical (unpaired) electrons. The molecule has 112 valence electrons. The van der Waals surface area contributed by atoms with E-state index in [4.69, 9.17) is 4.74 Å². The van der Waals surface area contributed by atoms with Crippen LogP contribution < -0.4 is 4.74 Å². The highest BCUT2D eigenvalue weighted by Gasteiger charge is 1.94. The summed E-state index contributed by atoms with van der Waals surface area (Å²) in [6, 6.07) is 8.42. The molecule has 1 rings (SSSR count). The lowest BCUT2D eigenvalue weighted by molar-refractivity contribution is 0.305. The number of benzene rings is 1. The molecule has 0 amide bonds. The zero-order valence-electron chi connectivity index (χ0n) is 13.2. The first-order chi connectivity index (χ1) is 9.86. The lowest BCUT2D eigenvalue weighted by Gasteiger charge is -2.06. The maximum Gasteiger partial charge on any atom is 0.119 e. The molecular weight excluding hydrogens is 244 g/mol. The lowest BCUT2D eigenvalue weighted by Crippen LogP contribution is -1.96. The van der Waals surface area contributed by atoms with E-state index >= 15 is 0 Å². The zero-order chi connectivity index (χ0) is 14.5. The molecule has 0 saturated carbocycles. The fourth-order valence-electron chi connectivity index (χ4n) is 2.13. The largest absolute Gasteiger partial charge is 0.494 e. The van der Waals surface area contributed by atoms with Crippen molar-refractivity contribution in [2.45, 2.75) is 65.2 Å². The number of unbranched alkanes of at least 4 members (excludes halogenated alkanes) is 6. The highest BCUT2D eigenvalue weighted by atomic mass is 16.5. The summed E-state index contributed by atoms with van der Waals surface area (Å²) >= 11 is 0. The Morgan fingerprint density at radius 3 is 2.25 bits per heavy atom. The second kappa shape index (κ2) is 11.6. The summed E-state index contributed by atoms with van der Waals surface area (Å²) < 4.78 is 5.74. The van der Waals surface area contributed by atoms with Gasteiger partial charge in [-0.05, 0) is 37.0 Å². The summed E-state index contributed by atoms with van der Waals surface area (Å²) in [6.45, 7) is 5.31. The third-order valence-electron chi connectivity index (χ3n) is 3.43. The predicted molar refractivity (Wildman–Crippen MR) is 89.3 cm³/mol. The van der Waals surface area contributed by atoms with Gasteiger partial charge in [0.05, 0.1) is 6.61 Å². The number of hydrogen-bond donors (Lipinski definition) is 0. The van der Waals surface area contributed by atoms with Crippen LogP contribution in [0.1, 0.15) is 70.8 Å². The number of rotatable bonds is 11. The molecule has 0 unspecified atom stereocenters. The summed E-state index contributed by atoms with van der Waals surface area (Å²) in [5.41, 5.74) is 1.26. The summed E-state index contributed by atoms with van der Waals surface area (Å²) in [5.74, 6) is 0.990. The number of ether oxygens (including phenoxy) is 1. The van der Waals surface area contributed by atoms with Crippen LogP contribution in [0.5, 0.6) is 5.75 Å². The number of allylic oxidation sites excluding steroid dienone is 1. The van der Waals surface area contributed by atoms with Crippen molar-refractivity contribution in [2.24, 2.45) is 0 Å². The van der Waals surface area contributed by atoms with E-state index in [-0.39, 0.29) is 0 Å². The molecule has 0 spiro atoms. The standard InChI is InChI=1S/C19H30O/c1-3-5-7-9-10-12-18-13-15-19(16-14-18)20-17-11-8-6-4-2/h10,12-16H,3-9,11,17H2,1-2H3/b12-10-. The van der Waals surface area contributed by atoms with E-state index in [2.05, 4.69) is 50.3 Å². The molecule has 0 heterocycles. The number of hydrogen-bond acceptors (Lipinski definition) is 1. The summed E-state index contributed by atoms with van der Waals surface area (Å²) in [4.78, 5) is 0. The average molecular weight is 274 g/mol. The van der Waals surface area contributed by atoms with Crippen molar-refractivity contribution in [1.82, 2.24) is 0 Å². The van der Waals surface area contributed by atoms with Gasteiger partial charge < -0.3 is 4.74 Å². The van der Waals surface area contributed by atoms with Gasteiger partial charge in [-0.2, -0.15) is 0 Å². The van der Waals surface area contributed by atoms with Crippen LogP contribution in [0.15, 0.2) is 30.3 Å². The molecule has 0 fully saturated rings. The molecule has 0 aliphatic heterocycles. The molecule has 1 heteroatoms. The minimum Gasteiger partial charge on any atom is -0.494 e. The van der Waals surface area contributed by atoms with Crippen molar-refractivity contribution < 1.29 is 4.74 Å². The van der Waals surface area contributed by atoms with Crippen LogP contribution in [-0.2, 0) is 0 Å². The maximum atomic E-state index is 5.74. The maximum absolute atomic E-state index is 5.74. The van der Waals surface area contributed by atoms with Gasteiger partial charge in [0.15, 0.2) is 0 Å². The highest BCUT2D eigenvalue weighted by molar-refractivity contribution is 5.50. The first-order valence-electron chi connectivity index (χ1n) is 8.26. The van der Waals surface area contributed by atoms with Crippen LogP contribution in [0.2, 0.25) is 0 Å². The van der Waals surface area contributed by atoms with Crippen molar-refractivity contribution in [3.63, 3.8) is 0 Å². The smallest absolute Gasteiger partial charge is 0.119 e. The van der Waals surface area contributed by atoms with Crippen LogP contribution in [0.4, 0.5) is 0 Å². The molecule has 0 N–H and O–H groups in total. The molecule has 1 nitrogen and oxygen atoms in total. The van der Waals surface area contributed by atoms with E-state index in [1.807, 2.05) is 0 Å². The van der Waals surface area contributed by atoms with Gasteiger partial charge in [0.1, 0.15) is 5.75 Å². The summed E-state index contributed by atoms with van der Waals surface area (Å²) in [7, 11) is 0. The Bertz CT molecular complexity index is 351. The van der Waals surface area contributed by atoms with Crippen molar-refractivity contribution in [3.8, 4) is 5.75 Å². The molecule has 20 heavy (non-hydrogen) atoms. The van der Waals surface area contributed by atoms with Gasteiger partial charge in [-0.1, -0.05) is 70.2 Å². The van der Waals surface area contributed by atoms with Gasteiger partial charge in [-0.15, -0.1) is 0 Å². The van der Waals surface area contributed by atoms with Crippen LogP contribution in [-0.4, -0.2) is 6.61 Å². The minimum absolute atomic E-state index is 0.839. The fraction of sp³-hybridized carbons (Fsp3) is 0.579. The third kappa shape index (κ3) is 8.04. The van der Waals surface area contributed by atoms with E-state index in [9.17, 15) is 0 Å². The topological polar surface area (TPSA) is 9.23 Å². The molecule has 0 aliphatic carbocycles. The van der Waals surface area contributed by atoms with Crippen LogP contribution in [0.25, 0.3) is 6.08 Å². The van der Waals surface area contributed by atoms with E-state index in [1.165, 1.54) is 50.5 Å².